The van der Waals surface area contributed by atoms with Crippen molar-refractivity contribution in [2.75, 3.05) is 10.6 Å². The van der Waals surface area contributed by atoms with Crippen molar-refractivity contribution < 1.29 is 35.5 Å². The number of hydrogen-bond acceptors (Lipinski definition) is 8. The van der Waals surface area contributed by atoms with E-state index in [0.717, 1.165) is 0 Å². The van der Waals surface area contributed by atoms with Crippen LogP contribution in [0.3, 0.4) is 0 Å². The molecule has 0 fully saturated rings. The molecular formula is C28H22N2NaO8S2. The van der Waals surface area contributed by atoms with Gasteiger partial charge in [0.1, 0.15) is 9.79 Å². The quantitative estimate of drug-likeness (QED) is 0.159. The van der Waals surface area contributed by atoms with E-state index in [-0.39, 0.29) is 84.4 Å². The maximum Gasteiger partial charge on any atom is 0.296 e. The van der Waals surface area contributed by atoms with Gasteiger partial charge < -0.3 is 10.6 Å². The maximum absolute atomic E-state index is 13.8. The Kier molecular flexibility index (Phi) is 8.31. The second-order valence-corrected chi connectivity index (χ2v) is 12.1. The van der Waals surface area contributed by atoms with E-state index in [1.54, 1.807) is 26.0 Å². The van der Waals surface area contributed by atoms with E-state index in [1.807, 2.05) is 0 Å². The van der Waals surface area contributed by atoms with E-state index in [0.29, 0.717) is 11.1 Å². The van der Waals surface area contributed by atoms with E-state index in [9.17, 15) is 35.5 Å². The monoisotopic (exact) mass is 601 g/mol. The van der Waals surface area contributed by atoms with E-state index in [1.165, 1.54) is 60.7 Å². The molecule has 1 aliphatic carbocycles. The molecule has 0 aliphatic heterocycles. The summed E-state index contributed by atoms with van der Waals surface area (Å²) >= 11 is 0. The molecule has 0 atom stereocenters. The fourth-order valence-electron chi connectivity index (χ4n) is 4.63. The minimum Gasteiger partial charge on any atom is -0.354 e. The average molecular weight is 602 g/mol. The van der Waals surface area contributed by atoms with Crippen molar-refractivity contribution in [1.82, 2.24) is 0 Å². The second kappa shape index (κ2) is 11.1. The van der Waals surface area contributed by atoms with Gasteiger partial charge in [0, 0.05) is 40.7 Å². The first-order valence-corrected chi connectivity index (χ1v) is 14.7. The van der Waals surface area contributed by atoms with E-state index >= 15 is 0 Å². The van der Waals surface area contributed by atoms with Crippen LogP contribution in [0.25, 0.3) is 0 Å². The molecule has 13 heteroatoms. The average Bonchev–Trinajstić information content (AvgIpc) is 2.88. The number of rotatable bonds is 6. The molecule has 0 spiro atoms. The van der Waals surface area contributed by atoms with Crippen molar-refractivity contribution in [3.05, 3.63) is 106 Å². The molecule has 4 aromatic carbocycles. The molecule has 10 nitrogen and oxygen atoms in total. The number of nitrogens with one attached hydrogen (secondary N) is 2. The van der Waals surface area contributed by atoms with Crippen LogP contribution in [0.1, 0.15) is 43.0 Å². The molecule has 5 rings (SSSR count). The van der Waals surface area contributed by atoms with Crippen LogP contribution >= 0.6 is 0 Å². The van der Waals surface area contributed by atoms with Gasteiger partial charge in [-0.3, -0.25) is 18.7 Å². The molecule has 0 heterocycles. The Bertz CT molecular complexity index is 1830. The molecule has 41 heavy (non-hydrogen) atoms. The van der Waals surface area contributed by atoms with Crippen LogP contribution < -0.4 is 10.6 Å². The van der Waals surface area contributed by atoms with Crippen LogP contribution in [-0.2, 0) is 20.2 Å². The number of aryl methyl sites for hydroxylation is 2. The first-order valence-electron chi connectivity index (χ1n) is 11.8. The van der Waals surface area contributed by atoms with Crippen molar-refractivity contribution in [2.45, 2.75) is 23.6 Å². The molecule has 1 aliphatic rings. The molecule has 0 amide bonds. The van der Waals surface area contributed by atoms with Crippen LogP contribution in [-0.4, -0.2) is 67.1 Å². The molecule has 0 bridgehead atoms. The van der Waals surface area contributed by atoms with Crippen LogP contribution in [0.15, 0.2) is 82.6 Å². The van der Waals surface area contributed by atoms with Gasteiger partial charge in [-0.05, 0) is 61.4 Å². The molecule has 0 saturated carbocycles. The Morgan fingerprint density at radius 3 is 1.27 bits per heavy atom. The van der Waals surface area contributed by atoms with Crippen molar-refractivity contribution in [3.8, 4) is 0 Å². The molecule has 0 aromatic heterocycles. The standard InChI is InChI=1S/C28H22N2O8S2.Na/c1-15-9-11-19(23(13-15)39(33,34)35)29-21-7-3-5-17-25(21)27(31)18-6-4-8-22(26(18)28(17)32)30-20-12-10-16(2)14-24(20)40(36,37)38;/h3-14,29-30H,1-2H3,(H,33,34,35)(H,36,37,38);. The third-order valence-corrected chi connectivity index (χ3v) is 8.23. The van der Waals surface area contributed by atoms with Crippen LogP contribution in [0.4, 0.5) is 22.7 Å². The number of carbonyl (C=O) groups is 2. The number of anilines is 4. The number of hydrogen-bond donors (Lipinski definition) is 4. The van der Waals surface area contributed by atoms with Crippen LogP contribution in [0.2, 0.25) is 0 Å². The van der Waals surface area contributed by atoms with E-state index in [2.05, 4.69) is 10.6 Å². The number of carbonyl (C=O) groups excluding carboxylic acids is 2. The molecule has 205 valence electrons. The Morgan fingerprint density at radius 2 is 0.927 bits per heavy atom. The van der Waals surface area contributed by atoms with Gasteiger partial charge in [-0.25, -0.2) is 0 Å². The minimum absolute atomic E-state index is 0. The third kappa shape index (κ3) is 5.86. The van der Waals surface area contributed by atoms with Gasteiger partial charge in [-0.15, -0.1) is 0 Å². The first-order chi connectivity index (χ1) is 18.8. The minimum atomic E-state index is -4.61. The largest absolute Gasteiger partial charge is 0.354 e. The summed E-state index contributed by atoms with van der Waals surface area (Å²) < 4.78 is 67.4. The smallest absolute Gasteiger partial charge is 0.296 e. The summed E-state index contributed by atoms with van der Waals surface area (Å²) in [6.45, 7) is 3.31. The zero-order valence-corrected chi connectivity index (χ0v) is 25.7. The second-order valence-electron chi connectivity index (χ2n) is 9.31. The summed E-state index contributed by atoms with van der Waals surface area (Å²) in [5.74, 6) is -1.06. The maximum atomic E-state index is 13.8. The van der Waals surface area contributed by atoms with Gasteiger partial charge in [0.05, 0.1) is 33.9 Å². The van der Waals surface area contributed by atoms with Crippen molar-refractivity contribution in [3.63, 3.8) is 0 Å². The van der Waals surface area contributed by atoms with Gasteiger partial charge >= 0.3 is 0 Å². The summed E-state index contributed by atoms with van der Waals surface area (Å²) in [6, 6.07) is 17.6. The van der Waals surface area contributed by atoms with Gasteiger partial charge in [0.25, 0.3) is 20.2 Å². The topological polar surface area (TPSA) is 167 Å². The first kappa shape index (κ1) is 30.6. The number of benzene rings is 4. The van der Waals surface area contributed by atoms with Gasteiger partial charge in [0.2, 0.25) is 0 Å². The predicted molar refractivity (Wildman–Crippen MR) is 154 cm³/mol. The SMILES string of the molecule is Cc1ccc(Nc2cccc3c2C(=O)c2cccc(Nc4ccc(C)cc4S(=O)(=O)O)c2C3=O)c(S(=O)(=O)O)c1.[Na]. The van der Waals surface area contributed by atoms with Crippen molar-refractivity contribution in [1.29, 1.82) is 0 Å². The molecule has 0 unspecified atom stereocenters. The summed E-state index contributed by atoms with van der Waals surface area (Å²) in [5.41, 5.74) is 1.59. The predicted octanol–water partition coefficient (Wildman–Crippen LogP) is 4.68. The van der Waals surface area contributed by atoms with Crippen LogP contribution in [0.5, 0.6) is 0 Å². The number of fused-ring (bicyclic) bond motifs is 2. The Hall–Kier alpha value is -3.36. The zero-order valence-electron chi connectivity index (χ0n) is 22.1. The summed E-state index contributed by atoms with van der Waals surface area (Å²) in [4.78, 5) is 26.7. The van der Waals surface area contributed by atoms with Gasteiger partial charge in [-0.2, -0.15) is 16.8 Å². The summed E-state index contributed by atoms with van der Waals surface area (Å²) in [7, 11) is -9.21. The normalized spacial score (nSPS) is 12.7. The molecule has 0 saturated heterocycles. The summed E-state index contributed by atoms with van der Waals surface area (Å²) in [5, 5.41) is 5.76. The number of ketones is 2. The van der Waals surface area contributed by atoms with Crippen molar-refractivity contribution in [2.24, 2.45) is 0 Å². The molecule has 4 N–H and O–H groups in total. The fourth-order valence-corrected chi connectivity index (χ4v) is 6.10. The summed E-state index contributed by atoms with van der Waals surface area (Å²) in [6.07, 6.45) is 0. The Labute approximate surface area is 258 Å². The Morgan fingerprint density at radius 1 is 0.561 bits per heavy atom. The van der Waals surface area contributed by atoms with E-state index < -0.39 is 31.8 Å². The molecule has 4 aromatic rings. The molecular weight excluding hydrogens is 579 g/mol. The molecule has 1 radical (unpaired) electrons. The van der Waals surface area contributed by atoms with Gasteiger partial charge in [0.15, 0.2) is 11.6 Å². The van der Waals surface area contributed by atoms with E-state index in [4.69, 9.17) is 0 Å². The third-order valence-electron chi connectivity index (χ3n) is 6.44. The van der Waals surface area contributed by atoms with Crippen LogP contribution in [0, 0.1) is 13.8 Å². The van der Waals surface area contributed by atoms with Crippen molar-refractivity contribution >= 4 is 84.1 Å². The fraction of sp³-hybridized carbons (Fsp3) is 0.0714. The van der Waals surface area contributed by atoms with Gasteiger partial charge in [-0.1, -0.05) is 36.4 Å². The Balaban J connectivity index is 0.00000387. The zero-order chi connectivity index (χ0) is 29.0.